The number of hydrogen-bond donors (Lipinski definition) is 0. The summed E-state index contributed by atoms with van der Waals surface area (Å²) in [6.45, 7) is 16.7. The van der Waals surface area contributed by atoms with Crippen molar-refractivity contribution >= 4 is 24.7 Å². The first-order chi connectivity index (χ1) is 29.9. The highest BCUT2D eigenvalue weighted by molar-refractivity contribution is 6.99. The summed E-state index contributed by atoms with van der Waals surface area (Å²) in [4.78, 5) is 11.9. The lowest BCUT2D eigenvalue weighted by Gasteiger charge is -2.43. The summed E-state index contributed by atoms with van der Waals surface area (Å²) in [5, 5.41) is 2.48. The molecule has 0 aliphatic rings. The lowest BCUT2D eigenvalue weighted by atomic mass is 10.0. The molecule has 350 valence electrons. The van der Waals surface area contributed by atoms with Crippen molar-refractivity contribution in [3.05, 3.63) is 60.7 Å². The highest BCUT2D eigenvalue weighted by Gasteiger charge is 2.50. The number of rotatable bonds is 43. The molecule has 0 radical (unpaired) electrons. The molecule has 0 aromatic heterocycles. The maximum absolute atomic E-state index is 11.9. The molecule has 61 heavy (non-hydrogen) atoms. The van der Waals surface area contributed by atoms with Gasteiger partial charge in [0.05, 0.1) is 99.1 Å². The maximum Gasteiger partial charge on any atom is 0.305 e. The Morgan fingerprint density at radius 1 is 0.410 bits per heavy atom. The zero-order valence-corrected chi connectivity index (χ0v) is 40.0. The second-order valence-corrected chi connectivity index (χ2v) is 21.0. The molecule has 2 aromatic rings. The molecule has 0 saturated carbocycles. The minimum absolute atomic E-state index is 0.0581. The standard InChI is InChI=1S/C50H86O10Si/c1-5-6-7-8-9-10-11-12-13-14-15-16-17-18-25-30-49(51)59-45-43-57-41-39-55-37-35-53-33-31-52-32-34-54-36-38-56-40-42-58-44-46-60-61(50(2,3)4,47-26-21-19-22-27-47)48-28-23-20-24-29-48/h19-24,26-29H,5-18,25,30-46H2,1-4H3. The molecule has 0 amide bonds. The normalized spacial score (nSPS) is 12.0. The van der Waals surface area contributed by atoms with Gasteiger partial charge in [-0.05, 0) is 21.8 Å². The van der Waals surface area contributed by atoms with E-state index in [0.717, 1.165) is 12.8 Å². The molecule has 0 aliphatic carbocycles. The van der Waals surface area contributed by atoms with Crippen molar-refractivity contribution in [2.24, 2.45) is 0 Å². The molecule has 11 heteroatoms. The summed E-state index contributed by atoms with van der Waals surface area (Å²) in [6.07, 6.45) is 20.2. The highest BCUT2D eigenvalue weighted by atomic mass is 28.4. The van der Waals surface area contributed by atoms with Gasteiger partial charge in [-0.25, -0.2) is 0 Å². The van der Waals surface area contributed by atoms with Crippen LogP contribution in [-0.4, -0.2) is 120 Å². The van der Waals surface area contributed by atoms with Gasteiger partial charge in [-0.3, -0.25) is 4.79 Å². The van der Waals surface area contributed by atoms with Crippen LogP contribution in [0.2, 0.25) is 5.04 Å². The first-order valence-corrected chi connectivity index (χ1v) is 25.8. The molecule has 10 nitrogen and oxygen atoms in total. The Hall–Kier alpha value is -2.19. The summed E-state index contributed by atoms with van der Waals surface area (Å²) in [5.74, 6) is -0.128. The van der Waals surface area contributed by atoms with Crippen molar-refractivity contribution in [2.75, 3.05) is 106 Å². The highest BCUT2D eigenvalue weighted by Crippen LogP contribution is 2.36. The van der Waals surface area contributed by atoms with Gasteiger partial charge in [-0.1, -0.05) is 178 Å². The fourth-order valence-corrected chi connectivity index (χ4v) is 11.9. The molecule has 0 heterocycles. The van der Waals surface area contributed by atoms with Gasteiger partial charge in [0, 0.05) is 6.42 Å². The molecule has 0 bridgehead atoms. The molecular weight excluding hydrogens is 789 g/mol. The smallest absolute Gasteiger partial charge is 0.305 e. The molecule has 2 aromatic carbocycles. The molecule has 0 saturated heterocycles. The third kappa shape index (κ3) is 27.6. The van der Waals surface area contributed by atoms with E-state index in [4.69, 9.17) is 42.3 Å². The summed E-state index contributed by atoms with van der Waals surface area (Å²) in [7, 11) is -2.54. The zero-order valence-electron chi connectivity index (χ0n) is 39.0. The van der Waals surface area contributed by atoms with Crippen LogP contribution in [0, 0.1) is 0 Å². The van der Waals surface area contributed by atoms with E-state index in [-0.39, 0.29) is 17.6 Å². The first kappa shape index (κ1) is 54.9. The van der Waals surface area contributed by atoms with Gasteiger partial charge >= 0.3 is 5.97 Å². The van der Waals surface area contributed by atoms with Crippen LogP contribution in [0.25, 0.3) is 0 Å². The van der Waals surface area contributed by atoms with E-state index >= 15 is 0 Å². The molecule has 0 atom stereocenters. The first-order valence-electron chi connectivity index (χ1n) is 23.9. The van der Waals surface area contributed by atoms with Crippen LogP contribution in [0.5, 0.6) is 0 Å². The van der Waals surface area contributed by atoms with Crippen LogP contribution < -0.4 is 10.4 Å². The summed E-state index contributed by atoms with van der Waals surface area (Å²) < 4.78 is 51.4. The molecule has 2 rings (SSSR count). The van der Waals surface area contributed by atoms with Crippen molar-refractivity contribution in [3.63, 3.8) is 0 Å². The van der Waals surface area contributed by atoms with Crippen LogP contribution in [0.4, 0.5) is 0 Å². The quantitative estimate of drug-likeness (QED) is 0.0364. The Bertz CT molecular complexity index is 1210. The Labute approximate surface area is 372 Å². The topological polar surface area (TPSA) is 100 Å². The van der Waals surface area contributed by atoms with Gasteiger partial charge in [-0.2, -0.15) is 0 Å². The van der Waals surface area contributed by atoms with Gasteiger partial charge in [0.1, 0.15) is 6.61 Å². The van der Waals surface area contributed by atoms with Crippen LogP contribution >= 0.6 is 0 Å². The second kappa shape index (κ2) is 38.3. The predicted molar refractivity (Wildman–Crippen MR) is 250 cm³/mol. The average Bonchev–Trinajstić information content (AvgIpc) is 3.26. The number of hydrogen-bond acceptors (Lipinski definition) is 10. The Kier molecular flexibility index (Phi) is 34.5. The van der Waals surface area contributed by atoms with Gasteiger partial charge < -0.3 is 42.3 Å². The largest absolute Gasteiger partial charge is 0.463 e. The Morgan fingerprint density at radius 2 is 0.705 bits per heavy atom. The summed E-state index contributed by atoms with van der Waals surface area (Å²) in [6, 6.07) is 21.3. The average molecular weight is 875 g/mol. The van der Waals surface area contributed by atoms with E-state index in [2.05, 4.69) is 88.4 Å². The lowest BCUT2D eigenvalue weighted by molar-refractivity contribution is -0.145. The number of carbonyl (C=O) groups is 1. The third-order valence-electron chi connectivity index (χ3n) is 10.7. The Balaban J connectivity index is 1.27. The molecule has 0 fully saturated rings. The molecule has 0 aliphatic heterocycles. The summed E-state index contributed by atoms with van der Waals surface area (Å²) >= 11 is 0. The SMILES string of the molecule is CCCCCCCCCCCCCCCCCC(=O)OCCOCCOCCOCCOCCOCCOCCOCCO[Si](c1ccccc1)(c1ccccc1)C(C)(C)C. The minimum atomic E-state index is -2.54. The van der Waals surface area contributed by atoms with Crippen molar-refractivity contribution in [3.8, 4) is 0 Å². The minimum Gasteiger partial charge on any atom is -0.463 e. The zero-order chi connectivity index (χ0) is 43.8. The monoisotopic (exact) mass is 875 g/mol. The van der Waals surface area contributed by atoms with Gasteiger partial charge in [0.15, 0.2) is 0 Å². The van der Waals surface area contributed by atoms with Crippen molar-refractivity contribution in [2.45, 2.75) is 135 Å². The number of esters is 1. The predicted octanol–water partition coefficient (Wildman–Crippen LogP) is 9.48. The number of unbranched alkanes of at least 4 members (excludes halogenated alkanes) is 14. The van der Waals surface area contributed by atoms with E-state index in [1.807, 2.05) is 0 Å². The second-order valence-electron chi connectivity index (χ2n) is 16.7. The van der Waals surface area contributed by atoms with Crippen LogP contribution in [0.15, 0.2) is 60.7 Å². The number of benzene rings is 2. The van der Waals surface area contributed by atoms with Gasteiger partial charge in [0.2, 0.25) is 0 Å². The fraction of sp³-hybridized carbons (Fsp3) is 0.740. The van der Waals surface area contributed by atoms with Crippen LogP contribution in [0.3, 0.4) is 0 Å². The van der Waals surface area contributed by atoms with Gasteiger partial charge in [0.25, 0.3) is 8.32 Å². The third-order valence-corrected chi connectivity index (χ3v) is 15.7. The van der Waals surface area contributed by atoms with Crippen LogP contribution in [-0.2, 0) is 47.1 Å². The van der Waals surface area contributed by atoms with E-state index in [1.165, 1.54) is 93.8 Å². The molecule has 0 unspecified atom stereocenters. The number of ether oxygens (including phenoxy) is 8. The van der Waals surface area contributed by atoms with Crippen molar-refractivity contribution in [1.82, 2.24) is 0 Å². The fourth-order valence-electron chi connectivity index (χ4n) is 7.36. The van der Waals surface area contributed by atoms with Crippen molar-refractivity contribution in [1.29, 1.82) is 0 Å². The molecular formula is C50H86O10Si. The number of carbonyl (C=O) groups excluding carboxylic acids is 1. The van der Waals surface area contributed by atoms with Crippen LogP contribution in [0.1, 0.15) is 130 Å². The van der Waals surface area contributed by atoms with E-state index in [0.29, 0.717) is 106 Å². The summed E-state index contributed by atoms with van der Waals surface area (Å²) in [5.41, 5.74) is 0. The maximum atomic E-state index is 11.9. The molecule has 0 spiro atoms. The lowest BCUT2D eigenvalue weighted by Crippen LogP contribution is -2.66. The Morgan fingerprint density at radius 3 is 1.03 bits per heavy atom. The van der Waals surface area contributed by atoms with Crippen molar-refractivity contribution < 1.29 is 47.1 Å². The van der Waals surface area contributed by atoms with E-state index in [9.17, 15) is 4.79 Å². The van der Waals surface area contributed by atoms with Gasteiger partial charge in [-0.15, -0.1) is 0 Å². The molecule has 0 N–H and O–H groups in total. The van der Waals surface area contributed by atoms with E-state index < -0.39 is 8.32 Å². The van der Waals surface area contributed by atoms with E-state index in [1.54, 1.807) is 0 Å².